The van der Waals surface area contributed by atoms with E-state index in [0.29, 0.717) is 23.6 Å². The van der Waals surface area contributed by atoms with Crippen LogP contribution in [-0.4, -0.2) is 21.2 Å². The van der Waals surface area contributed by atoms with Crippen molar-refractivity contribution in [3.05, 3.63) is 71.2 Å². The Hall–Kier alpha value is -2.99. The summed E-state index contributed by atoms with van der Waals surface area (Å²) in [6.07, 6.45) is 1.24. The molecule has 3 aromatic rings. The van der Waals surface area contributed by atoms with Crippen LogP contribution >= 0.6 is 0 Å². The van der Waals surface area contributed by atoms with Crippen molar-refractivity contribution in [2.24, 2.45) is 0 Å². The fraction of sp³-hybridized carbons (Fsp3) is 0.286. The number of hydrogen-bond acceptors (Lipinski definition) is 5. The maximum Gasteiger partial charge on any atom is 0.251 e. The number of pyridine rings is 1. The van der Waals surface area contributed by atoms with Gasteiger partial charge in [-0.15, -0.1) is 0 Å². The van der Waals surface area contributed by atoms with E-state index in [-0.39, 0.29) is 5.91 Å². The van der Waals surface area contributed by atoms with Gasteiger partial charge in [-0.05, 0) is 37.6 Å². The van der Waals surface area contributed by atoms with Crippen molar-refractivity contribution < 1.29 is 14.4 Å². The minimum atomic E-state index is -0.621. The van der Waals surface area contributed by atoms with Crippen LogP contribution in [0.25, 0.3) is 11.3 Å². The molecule has 2 aromatic heterocycles. The number of hydrogen-bond donors (Lipinski definition) is 2. The van der Waals surface area contributed by atoms with Crippen molar-refractivity contribution in [2.75, 3.05) is 0 Å². The van der Waals surface area contributed by atoms with Gasteiger partial charge < -0.3 is 14.9 Å². The van der Waals surface area contributed by atoms with Crippen LogP contribution in [-0.2, 0) is 13.0 Å². The molecule has 1 amide bonds. The van der Waals surface area contributed by atoms with Crippen LogP contribution in [0.15, 0.2) is 53.1 Å². The van der Waals surface area contributed by atoms with Gasteiger partial charge in [-0.2, -0.15) is 0 Å². The number of nitrogens with one attached hydrogen (secondary N) is 1. The predicted molar refractivity (Wildman–Crippen MR) is 102 cm³/mol. The molecule has 1 atom stereocenters. The molecule has 0 aliphatic carbocycles. The Morgan fingerprint density at radius 2 is 2.00 bits per heavy atom. The summed E-state index contributed by atoms with van der Waals surface area (Å²) in [5.41, 5.74) is 3.71. The zero-order chi connectivity index (χ0) is 19.2. The first-order valence-corrected chi connectivity index (χ1v) is 9.05. The lowest BCUT2D eigenvalue weighted by atomic mass is 10.1. The number of aromatic nitrogens is 2. The summed E-state index contributed by atoms with van der Waals surface area (Å²) in [5, 5.41) is 16.5. The molecule has 2 heterocycles. The van der Waals surface area contributed by atoms with E-state index in [4.69, 9.17) is 4.52 Å². The van der Waals surface area contributed by atoms with Gasteiger partial charge in [0.2, 0.25) is 0 Å². The molecule has 3 rings (SSSR count). The van der Waals surface area contributed by atoms with E-state index in [0.717, 1.165) is 29.8 Å². The summed E-state index contributed by atoms with van der Waals surface area (Å²) in [5.74, 6) is 0.461. The Balaban J connectivity index is 1.64. The third kappa shape index (κ3) is 4.80. The lowest BCUT2D eigenvalue weighted by Crippen LogP contribution is -2.22. The molecular formula is C21H23N3O3. The van der Waals surface area contributed by atoms with Crippen LogP contribution in [0.2, 0.25) is 0 Å². The number of aliphatic hydroxyl groups excluding tert-OH is 1. The van der Waals surface area contributed by atoms with Crippen molar-refractivity contribution in [2.45, 2.75) is 39.3 Å². The molecular weight excluding hydrogens is 342 g/mol. The molecule has 0 saturated heterocycles. The number of benzene rings is 1. The van der Waals surface area contributed by atoms with Gasteiger partial charge in [0.05, 0.1) is 29.7 Å². The molecule has 0 spiro atoms. The molecule has 140 valence electrons. The lowest BCUT2D eigenvalue weighted by molar-refractivity contribution is 0.0947. The summed E-state index contributed by atoms with van der Waals surface area (Å²) in [7, 11) is 0. The fourth-order valence-electron chi connectivity index (χ4n) is 2.72. The summed E-state index contributed by atoms with van der Waals surface area (Å²) in [6.45, 7) is 4.06. The van der Waals surface area contributed by atoms with Crippen LogP contribution in [0.1, 0.15) is 53.9 Å². The number of carbonyl (C=O) groups excluding carboxylic acids is 1. The molecule has 2 N–H and O–H groups in total. The Labute approximate surface area is 158 Å². The summed E-state index contributed by atoms with van der Waals surface area (Å²) in [6, 6.07) is 14.6. The van der Waals surface area contributed by atoms with Gasteiger partial charge in [-0.3, -0.25) is 9.78 Å². The first-order valence-electron chi connectivity index (χ1n) is 9.05. The molecule has 0 saturated carbocycles. The predicted octanol–water partition coefficient (Wildman–Crippen LogP) is 3.67. The van der Waals surface area contributed by atoms with Gasteiger partial charge in [0.15, 0.2) is 5.76 Å². The average Bonchev–Trinajstić information content (AvgIpc) is 3.14. The lowest BCUT2D eigenvalue weighted by Gasteiger charge is -2.08. The van der Waals surface area contributed by atoms with Gasteiger partial charge in [-0.25, -0.2) is 0 Å². The first kappa shape index (κ1) is 18.8. The highest BCUT2D eigenvalue weighted by atomic mass is 16.5. The Morgan fingerprint density at radius 3 is 2.70 bits per heavy atom. The highest BCUT2D eigenvalue weighted by molar-refractivity contribution is 5.94. The molecule has 0 aliphatic heterocycles. The maximum atomic E-state index is 12.3. The number of carbonyl (C=O) groups is 1. The number of amides is 1. The normalized spacial score (nSPS) is 12.0. The second-order valence-corrected chi connectivity index (χ2v) is 6.42. The van der Waals surface area contributed by atoms with E-state index in [1.54, 1.807) is 25.1 Å². The Morgan fingerprint density at radius 1 is 1.22 bits per heavy atom. The zero-order valence-corrected chi connectivity index (χ0v) is 15.5. The third-order valence-corrected chi connectivity index (χ3v) is 4.18. The van der Waals surface area contributed by atoms with Crippen LogP contribution in [0.4, 0.5) is 0 Å². The van der Waals surface area contributed by atoms with E-state index in [1.165, 1.54) is 0 Å². The highest BCUT2D eigenvalue weighted by Crippen LogP contribution is 2.20. The molecule has 0 unspecified atom stereocenters. The SMILES string of the molecule is CCCc1cc(CNC(=O)c2ccc(-c3cccc([C@H](C)O)n3)cc2)on1. The molecule has 1 aromatic carbocycles. The molecule has 27 heavy (non-hydrogen) atoms. The monoisotopic (exact) mass is 365 g/mol. The molecule has 6 heteroatoms. The van der Waals surface area contributed by atoms with Crippen molar-refractivity contribution in [1.82, 2.24) is 15.5 Å². The molecule has 0 aliphatic rings. The van der Waals surface area contributed by atoms with Gasteiger partial charge in [0, 0.05) is 17.2 Å². The Bertz CT molecular complexity index is 901. The van der Waals surface area contributed by atoms with Gasteiger partial charge in [0.1, 0.15) is 0 Å². The molecule has 0 radical (unpaired) electrons. The van der Waals surface area contributed by atoms with Crippen LogP contribution in [0.5, 0.6) is 0 Å². The number of rotatable bonds is 7. The van der Waals surface area contributed by atoms with Crippen molar-refractivity contribution in [3.63, 3.8) is 0 Å². The number of aryl methyl sites for hydroxylation is 1. The maximum absolute atomic E-state index is 12.3. The average molecular weight is 365 g/mol. The van der Waals surface area contributed by atoms with Crippen molar-refractivity contribution in [1.29, 1.82) is 0 Å². The number of nitrogens with zero attached hydrogens (tertiary/aromatic N) is 2. The fourth-order valence-corrected chi connectivity index (χ4v) is 2.72. The van der Waals surface area contributed by atoms with Crippen LogP contribution in [0.3, 0.4) is 0 Å². The molecule has 0 fully saturated rings. The van der Waals surface area contributed by atoms with E-state index < -0.39 is 6.10 Å². The quantitative estimate of drug-likeness (QED) is 0.667. The third-order valence-electron chi connectivity index (χ3n) is 4.18. The van der Waals surface area contributed by atoms with Crippen LogP contribution in [0, 0.1) is 0 Å². The molecule has 6 nitrogen and oxygen atoms in total. The largest absolute Gasteiger partial charge is 0.387 e. The smallest absolute Gasteiger partial charge is 0.251 e. The van der Waals surface area contributed by atoms with Crippen LogP contribution < -0.4 is 5.32 Å². The minimum absolute atomic E-state index is 0.180. The van der Waals surface area contributed by atoms with Crippen molar-refractivity contribution in [3.8, 4) is 11.3 Å². The topological polar surface area (TPSA) is 88.2 Å². The van der Waals surface area contributed by atoms with E-state index in [9.17, 15) is 9.90 Å². The van der Waals surface area contributed by atoms with Gasteiger partial charge >= 0.3 is 0 Å². The summed E-state index contributed by atoms with van der Waals surface area (Å²) in [4.78, 5) is 16.8. The molecule has 0 bridgehead atoms. The minimum Gasteiger partial charge on any atom is -0.387 e. The van der Waals surface area contributed by atoms with E-state index in [1.807, 2.05) is 30.3 Å². The summed E-state index contributed by atoms with van der Waals surface area (Å²) >= 11 is 0. The zero-order valence-electron chi connectivity index (χ0n) is 15.5. The second kappa shape index (κ2) is 8.60. The highest BCUT2D eigenvalue weighted by Gasteiger charge is 2.10. The van der Waals surface area contributed by atoms with E-state index >= 15 is 0 Å². The van der Waals surface area contributed by atoms with Gasteiger partial charge in [-0.1, -0.05) is 36.7 Å². The standard InChI is InChI=1S/C21H23N3O3/c1-3-5-17-12-18(27-24-17)13-22-21(26)16-10-8-15(9-11-16)20-7-4-6-19(23-20)14(2)25/h4,6-12,14,25H,3,5,13H2,1-2H3,(H,22,26)/t14-/m0/s1. The Kier molecular flexibility index (Phi) is 5.98. The van der Waals surface area contributed by atoms with E-state index in [2.05, 4.69) is 22.4 Å². The second-order valence-electron chi connectivity index (χ2n) is 6.42. The summed E-state index contributed by atoms with van der Waals surface area (Å²) < 4.78 is 5.22. The van der Waals surface area contributed by atoms with Crippen molar-refractivity contribution >= 4 is 5.91 Å². The number of aliphatic hydroxyl groups is 1. The van der Waals surface area contributed by atoms with Gasteiger partial charge in [0.25, 0.3) is 5.91 Å². The first-order chi connectivity index (χ1) is 13.1.